The first-order valence-electron chi connectivity index (χ1n) is 9.54. The Morgan fingerprint density at radius 3 is 2.55 bits per heavy atom. The van der Waals surface area contributed by atoms with Crippen molar-refractivity contribution in [3.05, 3.63) is 44.3 Å². The normalized spacial score (nSPS) is 14.1. The van der Waals surface area contributed by atoms with Crippen LogP contribution in [-0.2, 0) is 12.8 Å². The fraction of sp³-hybridized carbons (Fsp3) is 0.333. The van der Waals surface area contributed by atoms with Crippen molar-refractivity contribution < 1.29 is 23.0 Å². The van der Waals surface area contributed by atoms with E-state index in [2.05, 4.69) is 14.7 Å². The summed E-state index contributed by atoms with van der Waals surface area (Å²) < 4.78 is 40.3. The second-order valence-corrected chi connectivity index (χ2v) is 8.42. The molecule has 6 nitrogen and oxygen atoms in total. The van der Waals surface area contributed by atoms with Crippen LogP contribution in [0.15, 0.2) is 16.9 Å². The van der Waals surface area contributed by atoms with Crippen LogP contribution in [0.2, 0.25) is 0 Å². The van der Waals surface area contributed by atoms with E-state index in [0.29, 0.717) is 15.8 Å². The second kappa shape index (κ2) is 8.84. The first-order valence-corrected chi connectivity index (χ1v) is 10.7. The summed E-state index contributed by atoms with van der Waals surface area (Å²) >= 11 is 7.98. The summed E-state index contributed by atoms with van der Waals surface area (Å²) in [7, 11) is 2.65. The van der Waals surface area contributed by atoms with Crippen LogP contribution in [-0.4, -0.2) is 30.8 Å². The fourth-order valence-electron chi connectivity index (χ4n) is 3.68. The number of aromatic nitrogens is 2. The third-order valence-electron chi connectivity index (χ3n) is 5.03. The van der Waals surface area contributed by atoms with Gasteiger partial charge in [-0.2, -0.15) is 8.78 Å². The van der Waals surface area contributed by atoms with E-state index in [-0.39, 0.29) is 33.7 Å². The highest BCUT2D eigenvalue weighted by Gasteiger charge is 2.21. The Morgan fingerprint density at radius 1 is 1.23 bits per heavy atom. The van der Waals surface area contributed by atoms with Crippen molar-refractivity contribution >= 4 is 44.3 Å². The van der Waals surface area contributed by atoms with Crippen molar-refractivity contribution in [2.75, 3.05) is 14.2 Å². The summed E-state index contributed by atoms with van der Waals surface area (Å²) in [6.07, 6.45) is 5.56. The molecule has 4 rings (SSSR count). The van der Waals surface area contributed by atoms with Crippen molar-refractivity contribution in [3.8, 4) is 17.2 Å². The number of hydrogen-bond donors (Lipinski definition) is 1. The number of H-pyrrole nitrogens is 1. The van der Waals surface area contributed by atoms with Crippen LogP contribution in [0.25, 0.3) is 21.3 Å². The number of aromatic amines is 1. The Bertz CT molecular complexity index is 1200. The van der Waals surface area contributed by atoms with E-state index in [1.165, 1.54) is 48.6 Å². The van der Waals surface area contributed by atoms with E-state index in [1.54, 1.807) is 0 Å². The van der Waals surface area contributed by atoms with Crippen LogP contribution in [0, 0.1) is 0 Å². The Kier molecular flexibility index (Phi) is 6.15. The molecule has 31 heavy (non-hydrogen) atoms. The highest BCUT2D eigenvalue weighted by molar-refractivity contribution is 7.18. The maximum Gasteiger partial charge on any atom is 0.387 e. The van der Waals surface area contributed by atoms with Crippen LogP contribution in [0.5, 0.6) is 17.2 Å². The van der Waals surface area contributed by atoms with Gasteiger partial charge in [-0.05, 0) is 55.0 Å². The van der Waals surface area contributed by atoms with Crippen molar-refractivity contribution in [1.82, 2.24) is 9.97 Å². The molecule has 1 aliphatic rings. The summed E-state index contributed by atoms with van der Waals surface area (Å²) in [4.78, 5) is 21.9. The van der Waals surface area contributed by atoms with E-state index < -0.39 is 6.61 Å². The molecule has 0 saturated heterocycles. The lowest BCUT2D eigenvalue weighted by molar-refractivity contribution is -0.0526. The smallest absolute Gasteiger partial charge is 0.387 e. The molecular weight excluding hydrogens is 450 g/mol. The molecule has 1 N–H and O–H groups in total. The van der Waals surface area contributed by atoms with Gasteiger partial charge in [0.15, 0.2) is 17.3 Å². The van der Waals surface area contributed by atoms with E-state index in [1.807, 2.05) is 0 Å². The van der Waals surface area contributed by atoms with Crippen LogP contribution in [0.1, 0.15) is 34.7 Å². The molecule has 1 aliphatic carbocycles. The van der Waals surface area contributed by atoms with Gasteiger partial charge in [-0.25, -0.2) is 4.98 Å². The number of benzene rings is 1. The third-order valence-corrected chi connectivity index (χ3v) is 6.51. The van der Waals surface area contributed by atoms with Gasteiger partial charge in [0.05, 0.1) is 24.6 Å². The van der Waals surface area contributed by atoms with Gasteiger partial charge in [-0.3, -0.25) is 4.79 Å². The zero-order valence-electron chi connectivity index (χ0n) is 16.8. The third kappa shape index (κ3) is 4.24. The topological polar surface area (TPSA) is 73.4 Å². The second-order valence-electron chi connectivity index (χ2n) is 6.93. The first-order chi connectivity index (χ1) is 14.9. The van der Waals surface area contributed by atoms with Crippen LogP contribution in [0.3, 0.4) is 0 Å². The number of alkyl halides is 2. The first kappa shape index (κ1) is 21.6. The zero-order valence-corrected chi connectivity index (χ0v) is 18.3. The molecule has 0 unspecified atom stereocenters. The van der Waals surface area contributed by atoms with Crippen molar-refractivity contribution in [1.29, 1.82) is 0 Å². The average Bonchev–Trinajstić information content (AvgIpc) is 3.13. The van der Waals surface area contributed by atoms with Gasteiger partial charge < -0.3 is 19.2 Å². The largest absolute Gasteiger partial charge is 0.493 e. The minimum Gasteiger partial charge on any atom is -0.493 e. The molecule has 0 amide bonds. The number of hydrogen-bond acceptors (Lipinski definition) is 6. The molecule has 2 heterocycles. The number of rotatable bonds is 6. The van der Waals surface area contributed by atoms with Crippen molar-refractivity contribution in [3.63, 3.8) is 0 Å². The number of aryl methyl sites for hydroxylation is 2. The molecule has 0 radical (unpaired) electrons. The molecule has 1 aromatic carbocycles. The highest BCUT2D eigenvalue weighted by atomic mass is 35.5. The molecule has 0 atom stereocenters. The molecule has 3 aromatic rings. The Balaban J connectivity index is 1.75. The fourth-order valence-corrected chi connectivity index (χ4v) is 5.16. The predicted molar refractivity (Wildman–Crippen MR) is 117 cm³/mol. The highest BCUT2D eigenvalue weighted by Crippen LogP contribution is 2.40. The number of nitrogens with zero attached hydrogens (tertiary/aromatic N) is 1. The van der Waals surface area contributed by atoms with Crippen LogP contribution >= 0.6 is 22.9 Å². The van der Waals surface area contributed by atoms with E-state index >= 15 is 0 Å². The van der Waals surface area contributed by atoms with Crippen molar-refractivity contribution in [2.24, 2.45) is 0 Å². The van der Waals surface area contributed by atoms with Crippen molar-refractivity contribution in [2.45, 2.75) is 32.3 Å². The Morgan fingerprint density at radius 2 is 1.90 bits per heavy atom. The molecule has 0 aliphatic heterocycles. The quantitative estimate of drug-likeness (QED) is 0.537. The van der Waals surface area contributed by atoms with Gasteiger partial charge in [0.1, 0.15) is 4.83 Å². The number of ether oxygens (including phenoxy) is 3. The minimum atomic E-state index is -3.04. The van der Waals surface area contributed by atoms with Gasteiger partial charge in [-0.1, -0.05) is 11.6 Å². The van der Waals surface area contributed by atoms with E-state index in [9.17, 15) is 13.6 Å². The number of halogens is 3. The molecule has 0 fully saturated rings. The molecule has 0 saturated carbocycles. The Hall–Kier alpha value is -2.65. The van der Waals surface area contributed by atoms with E-state index in [0.717, 1.165) is 31.2 Å². The maximum absolute atomic E-state index is 12.7. The van der Waals surface area contributed by atoms with Crippen LogP contribution < -0.4 is 19.8 Å². The van der Waals surface area contributed by atoms with E-state index in [4.69, 9.17) is 21.1 Å². The summed E-state index contributed by atoms with van der Waals surface area (Å²) in [6.45, 7) is -3.04. The lowest BCUT2D eigenvalue weighted by Gasteiger charge is -2.14. The molecule has 0 spiro atoms. The SMILES string of the molecule is COc1cc(/C=C(\Cl)c2nc3sc4c(c3c(=O)[nH]2)CCCC4)cc(OC)c1OC(F)F. The standard InChI is InChI=1S/C21H19ClF2N2O4S/c1-28-13-8-10(9-14(29-2)17(13)30-21(23)24)7-12(22)18-25-19(27)16-11-5-3-4-6-15(11)31-20(16)26-18/h7-9,21H,3-6H2,1-2H3,(H,25,26,27)/b12-7-. The summed E-state index contributed by atoms with van der Waals surface area (Å²) in [5.41, 5.74) is 1.37. The van der Waals surface area contributed by atoms with Crippen LogP contribution in [0.4, 0.5) is 8.78 Å². The monoisotopic (exact) mass is 468 g/mol. The number of thiophene rings is 1. The number of nitrogens with one attached hydrogen (secondary N) is 1. The minimum absolute atomic E-state index is 0.0539. The zero-order chi connectivity index (χ0) is 22.1. The average molecular weight is 469 g/mol. The Labute approximate surface area is 185 Å². The summed E-state index contributed by atoms with van der Waals surface area (Å²) in [5.74, 6) is 0.116. The van der Waals surface area contributed by atoms with Gasteiger partial charge >= 0.3 is 6.61 Å². The summed E-state index contributed by atoms with van der Waals surface area (Å²) in [6, 6.07) is 2.95. The summed E-state index contributed by atoms with van der Waals surface area (Å²) in [5, 5.41) is 0.821. The number of methoxy groups -OCH3 is 2. The molecule has 10 heteroatoms. The molecular formula is C21H19ClF2N2O4S. The molecule has 0 bridgehead atoms. The van der Waals surface area contributed by atoms with Gasteiger partial charge in [0, 0.05) is 4.88 Å². The lowest BCUT2D eigenvalue weighted by Crippen LogP contribution is -2.12. The van der Waals surface area contributed by atoms with Gasteiger partial charge in [0.2, 0.25) is 5.75 Å². The predicted octanol–water partition coefficient (Wildman–Crippen LogP) is 5.22. The van der Waals surface area contributed by atoms with Gasteiger partial charge in [0.25, 0.3) is 5.56 Å². The maximum atomic E-state index is 12.7. The molecule has 2 aromatic heterocycles. The van der Waals surface area contributed by atoms with Gasteiger partial charge in [-0.15, -0.1) is 11.3 Å². The number of fused-ring (bicyclic) bond motifs is 3. The lowest BCUT2D eigenvalue weighted by atomic mass is 9.97. The molecule has 164 valence electrons.